The molecule has 0 radical (unpaired) electrons. The summed E-state index contributed by atoms with van der Waals surface area (Å²) in [5.74, 6) is -0.810. The van der Waals surface area contributed by atoms with Gasteiger partial charge < -0.3 is 10.6 Å². The fourth-order valence-electron chi connectivity index (χ4n) is 2.30. The van der Waals surface area contributed by atoms with Crippen molar-refractivity contribution in [3.05, 3.63) is 89.4 Å². The van der Waals surface area contributed by atoms with Crippen LogP contribution in [0.1, 0.15) is 26.3 Å². The molecule has 2 amide bonds. The Morgan fingerprint density at radius 1 is 0.885 bits per heavy atom. The van der Waals surface area contributed by atoms with Gasteiger partial charge in [-0.05, 0) is 55.0 Å². The first-order chi connectivity index (χ1) is 12.5. The molecule has 0 fully saturated rings. The minimum Gasteiger partial charge on any atom is -0.322 e. The maximum absolute atomic E-state index is 13.6. The molecular formula is C20H16FN3O2. The number of aryl methyl sites for hydroxylation is 1. The highest BCUT2D eigenvalue weighted by atomic mass is 19.1. The lowest BCUT2D eigenvalue weighted by Gasteiger charge is -2.08. The van der Waals surface area contributed by atoms with Gasteiger partial charge in [0.2, 0.25) is 0 Å². The Morgan fingerprint density at radius 3 is 2.38 bits per heavy atom. The molecule has 1 aromatic heterocycles. The summed E-state index contributed by atoms with van der Waals surface area (Å²) in [5.41, 5.74) is 1.47. The Balaban J connectivity index is 1.73. The Kier molecular flexibility index (Phi) is 5.03. The number of nitrogens with one attached hydrogen (secondary N) is 2. The van der Waals surface area contributed by atoms with Crippen LogP contribution in [0, 0.1) is 12.7 Å². The number of nitrogens with zero attached hydrogens (tertiary/aromatic N) is 1. The molecule has 5 nitrogen and oxygen atoms in total. The van der Waals surface area contributed by atoms with Gasteiger partial charge in [0.05, 0.1) is 0 Å². The van der Waals surface area contributed by atoms with E-state index >= 15 is 0 Å². The molecule has 26 heavy (non-hydrogen) atoms. The fourth-order valence-corrected chi connectivity index (χ4v) is 2.30. The number of carbonyl (C=O) groups excluding carboxylic acids is 2. The zero-order valence-electron chi connectivity index (χ0n) is 14.0. The summed E-state index contributed by atoms with van der Waals surface area (Å²) in [6.45, 7) is 1.63. The van der Waals surface area contributed by atoms with Crippen LogP contribution in [0.5, 0.6) is 0 Å². The van der Waals surface area contributed by atoms with E-state index in [-0.39, 0.29) is 11.5 Å². The molecule has 0 aliphatic heterocycles. The molecule has 3 aromatic rings. The van der Waals surface area contributed by atoms with Crippen molar-refractivity contribution in [3.63, 3.8) is 0 Å². The van der Waals surface area contributed by atoms with Crippen LogP contribution in [0.25, 0.3) is 0 Å². The third-order valence-corrected chi connectivity index (χ3v) is 3.72. The lowest BCUT2D eigenvalue weighted by molar-refractivity contribution is 0.101. The number of hydrogen-bond donors (Lipinski definition) is 2. The molecule has 0 saturated carbocycles. The predicted octanol–water partition coefficient (Wildman–Crippen LogP) is 4.03. The van der Waals surface area contributed by atoms with Gasteiger partial charge in [-0.1, -0.05) is 18.2 Å². The van der Waals surface area contributed by atoms with Crippen LogP contribution in [0.3, 0.4) is 0 Å². The van der Waals surface area contributed by atoms with E-state index in [1.165, 1.54) is 6.07 Å². The third-order valence-electron chi connectivity index (χ3n) is 3.72. The SMILES string of the molecule is Cc1ccc(C(=O)Nc2cccc(C(=O)Nc3ccccn3)c2)cc1F. The Morgan fingerprint density at radius 2 is 1.65 bits per heavy atom. The van der Waals surface area contributed by atoms with Crippen LogP contribution in [0.15, 0.2) is 66.9 Å². The van der Waals surface area contributed by atoms with Gasteiger partial charge in [0, 0.05) is 23.0 Å². The molecule has 0 unspecified atom stereocenters. The topological polar surface area (TPSA) is 71.1 Å². The van der Waals surface area contributed by atoms with Crippen LogP contribution in [0.4, 0.5) is 15.9 Å². The summed E-state index contributed by atoms with van der Waals surface area (Å²) in [7, 11) is 0. The molecule has 0 aliphatic carbocycles. The number of anilines is 2. The number of amides is 2. The average molecular weight is 349 g/mol. The van der Waals surface area contributed by atoms with Crippen LogP contribution < -0.4 is 10.6 Å². The molecule has 0 atom stereocenters. The second-order valence-electron chi connectivity index (χ2n) is 5.67. The number of aromatic nitrogens is 1. The second-order valence-corrected chi connectivity index (χ2v) is 5.67. The van der Waals surface area contributed by atoms with E-state index in [1.54, 1.807) is 67.7 Å². The van der Waals surface area contributed by atoms with Crippen LogP contribution in [0.2, 0.25) is 0 Å². The van der Waals surface area contributed by atoms with Gasteiger partial charge in [0.25, 0.3) is 11.8 Å². The number of halogens is 1. The smallest absolute Gasteiger partial charge is 0.256 e. The van der Waals surface area contributed by atoms with Crippen molar-refractivity contribution in [2.75, 3.05) is 10.6 Å². The molecule has 2 aromatic carbocycles. The molecule has 0 spiro atoms. The first-order valence-electron chi connectivity index (χ1n) is 7.93. The number of pyridine rings is 1. The zero-order chi connectivity index (χ0) is 18.5. The summed E-state index contributed by atoms with van der Waals surface area (Å²) >= 11 is 0. The molecule has 0 aliphatic rings. The van der Waals surface area contributed by atoms with E-state index in [2.05, 4.69) is 15.6 Å². The minimum atomic E-state index is -0.453. The molecule has 1 heterocycles. The third kappa shape index (κ3) is 4.10. The largest absolute Gasteiger partial charge is 0.322 e. The summed E-state index contributed by atoms with van der Waals surface area (Å²) in [5, 5.41) is 5.33. The van der Waals surface area contributed by atoms with Gasteiger partial charge in [-0.15, -0.1) is 0 Å². The van der Waals surface area contributed by atoms with Crippen molar-refractivity contribution in [1.29, 1.82) is 0 Å². The van der Waals surface area contributed by atoms with E-state index in [0.717, 1.165) is 0 Å². The van der Waals surface area contributed by atoms with Gasteiger partial charge in [-0.2, -0.15) is 0 Å². The van der Waals surface area contributed by atoms with Gasteiger partial charge in [0.15, 0.2) is 0 Å². The monoisotopic (exact) mass is 349 g/mol. The molecule has 3 rings (SSSR count). The van der Waals surface area contributed by atoms with Crippen molar-refractivity contribution >= 4 is 23.3 Å². The maximum atomic E-state index is 13.6. The fraction of sp³-hybridized carbons (Fsp3) is 0.0500. The minimum absolute atomic E-state index is 0.205. The number of benzene rings is 2. The van der Waals surface area contributed by atoms with Crippen molar-refractivity contribution < 1.29 is 14.0 Å². The molecule has 130 valence electrons. The molecule has 0 bridgehead atoms. The predicted molar refractivity (Wildman–Crippen MR) is 97.7 cm³/mol. The molecule has 2 N–H and O–H groups in total. The summed E-state index contributed by atoms with van der Waals surface area (Å²) < 4.78 is 13.6. The lowest BCUT2D eigenvalue weighted by atomic mass is 10.1. The van der Waals surface area contributed by atoms with Crippen molar-refractivity contribution in [2.24, 2.45) is 0 Å². The maximum Gasteiger partial charge on any atom is 0.256 e. The van der Waals surface area contributed by atoms with Crippen molar-refractivity contribution in [3.8, 4) is 0 Å². The number of rotatable bonds is 4. The van der Waals surface area contributed by atoms with E-state index in [0.29, 0.717) is 22.6 Å². The van der Waals surface area contributed by atoms with E-state index in [4.69, 9.17) is 0 Å². The first kappa shape index (κ1) is 17.3. The van der Waals surface area contributed by atoms with E-state index in [9.17, 15) is 14.0 Å². The Hall–Kier alpha value is -3.54. The first-order valence-corrected chi connectivity index (χ1v) is 7.93. The van der Waals surface area contributed by atoms with Crippen LogP contribution in [-0.4, -0.2) is 16.8 Å². The average Bonchev–Trinajstić information content (AvgIpc) is 2.65. The molecular weight excluding hydrogens is 333 g/mol. The summed E-state index contributed by atoms with van der Waals surface area (Å²) in [6, 6.07) is 15.9. The Labute approximate surface area is 149 Å². The normalized spacial score (nSPS) is 10.2. The zero-order valence-corrected chi connectivity index (χ0v) is 14.0. The molecule has 0 saturated heterocycles. The van der Waals surface area contributed by atoms with Crippen molar-refractivity contribution in [2.45, 2.75) is 6.92 Å². The highest BCUT2D eigenvalue weighted by Crippen LogP contribution is 2.15. The molecule has 6 heteroatoms. The van der Waals surface area contributed by atoms with Gasteiger partial charge in [-0.3, -0.25) is 9.59 Å². The van der Waals surface area contributed by atoms with E-state index < -0.39 is 11.7 Å². The highest BCUT2D eigenvalue weighted by Gasteiger charge is 2.11. The quantitative estimate of drug-likeness (QED) is 0.747. The summed E-state index contributed by atoms with van der Waals surface area (Å²) in [6.07, 6.45) is 1.58. The van der Waals surface area contributed by atoms with Crippen molar-refractivity contribution in [1.82, 2.24) is 4.98 Å². The van der Waals surface area contributed by atoms with Crippen LogP contribution in [-0.2, 0) is 0 Å². The van der Waals surface area contributed by atoms with Crippen LogP contribution >= 0.6 is 0 Å². The van der Waals surface area contributed by atoms with Gasteiger partial charge in [-0.25, -0.2) is 9.37 Å². The lowest BCUT2D eigenvalue weighted by Crippen LogP contribution is -2.15. The van der Waals surface area contributed by atoms with E-state index in [1.807, 2.05) is 0 Å². The highest BCUT2D eigenvalue weighted by molar-refractivity contribution is 6.07. The van der Waals surface area contributed by atoms with Gasteiger partial charge >= 0.3 is 0 Å². The summed E-state index contributed by atoms with van der Waals surface area (Å²) in [4.78, 5) is 28.6. The van der Waals surface area contributed by atoms with Gasteiger partial charge in [0.1, 0.15) is 11.6 Å². The Bertz CT molecular complexity index is 958. The number of hydrogen-bond acceptors (Lipinski definition) is 3. The number of carbonyl (C=O) groups is 2. The second kappa shape index (κ2) is 7.57. The standard InChI is InChI=1S/C20H16FN3O2/c1-13-8-9-15(12-17(13)21)19(25)23-16-6-4-5-14(11-16)20(26)24-18-7-2-3-10-22-18/h2-12H,1H3,(H,23,25)(H,22,24,26).